The minimum atomic E-state index is 0.502. The van der Waals surface area contributed by atoms with Gasteiger partial charge in [0.25, 0.3) is 0 Å². The summed E-state index contributed by atoms with van der Waals surface area (Å²) in [6, 6.07) is 0. The first-order valence-corrected chi connectivity index (χ1v) is 11.7. The van der Waals surface area contributed by atoms with E-state index >= 15 is 0 Å². The molecule has 4 aliphatic carbocycles. The summed E-state index contributed by atoms with van der Waals surface area (Å²) in [7, 11) is 0. The van der Waals surface area contributed by atoms with Crippen LogP contribution in [0.4, 0.5) is 0 Å². The van der Waals surface area contributed by atoms with Gasteiger partial charge in [0.15, 0.2) is 0 Å². The number of hydrogen-bond acceptors (Lipinski definition) is 0. The molecule has 0 bridgehead atoms. The second-order valence-corrected chi connectivity index (χ2v) is 11.3. The van der Waals surface area contributed by atoms with Crippen molar-refractivity contribution in [3.05, 3.63) is 23.8 Å². The predicted molar refractivity (Wildman–Crippen MR) is 113 cm³/mol. The summed E-state index contributed by atoms with van der Waals surface area (Å²) in [5.41, 5.74) is 2.82. The summed E-state index contributed by atoms with van der Waals surface area (Å²) in [5, 5.41) is 0. The maximum atomic E-state index is 2.76. The summed E-state index contributed by atoms with van der Waals surface area (Å²) in [4.78, 5) is 0. The van der Waals surface area contributed by atoms with Crippen molar-refractivity contribution < 1.29 is 0 Å². The molecule has 0 aromatic heterocycles. The summed E-state index contributed by atoms with van der Waals surface area (Å²) in [6.07, 6.45) is 20.7. The Hall–Kier alpha value is -0.520. The third kappa shape index (κ3) is 2.85. The van der Waals surface area contributed by atoms with Gasteiger partial charge in [0.05, 0.1) is 0 Å². The summed E-state index contributed by atoms with van der Waals surface area (Å²) < 4.78 is 0. The van der Waals surface area contributed by atoms with Gasteiger partial charge < -0.3 is 0 Å². The monoisotopic (exact) mass is 354 g/mol. The van der Waals surface area contributed by atoms with E-state index in [0.717, 1.165) is 35.5 Å². The van der Waals surface area contributed by atoms with Gasteiger partial charge in [-0.15, -0.1) is 0 Å². The van der Waals surface area contributed by atoms with Crippen LogP contribution in [-0.2, 0) is 0 Å². The molecule has 0 heteroatoms. The van der Waals surface area contributed by atoms with Crippen LogP contribution in [-0.4, -0.2) is 0 Å². The number of rotatable bonds is 5. The fourth-order valence-electron chi connectivity index (χ4n) is 7.98. The standard InChI is InChI=1S/C26H42/c1-18(2)9-8-10-19(3)22-12-13-23-21-17-20-11-6-7-15-25(20,4)24(21)14-16-26(22,23)5/h6,11,17-19,21-24H,7-10,12-16H2,1-5H3/t19-,21+,22-,23+,24+,25+,26-/m1/s1. The highest BCUT2D eigenvalue weighted by molar-refractivity contribution is 5.37. The lowest BCUT2D eigenvalue weighted by Gasteiger charge is -2.51. The van der Waals surface area contributed by atoms with Crippen molar-refractivity contribution in [3.63, 3.8) is 0 Å². The number of fused-ring (bicyclic) bond motifs is 5. The van der Waals surface area contributed by atoms with Crippen LogP contribution < -0.4 is 0 Å². The molecule has 4 aliphatic rings. The normalized spacial score (nSPS) is 45.2. The molecule has 26 heavy (non-hydrogen) atoms. The zero-order valence-electron chi connectivity index (χ0n) is 18.1. The van der Waals surface area contributed by atoms with E-state index in [2.05, 4.69) is 52.8 Å². The molecule has 0 aromatic rings. The van der Waals surface area contributed by atoms with Crippen molar-refractivity contribution >= 4 is 0 Å². The van der Waals surface area contributed by atoms with E-state index in [0.29, 0.717) is 10.8 Å². The molecule has 4 rings (SSSR count). The molecule has 0 heterocycles. The summed E-state index contributed by atoms with van der Waals surface area (Å²) >= 11 is 0. The van der Waals surface area contributed by atoms with Gasteiger partial charge in [-0.05, 0) is 90.4 Å². The van der Waals surface area contributed by atoms with Gasteiger partial charge in [0.1, 0.15) is 0 Å². The van der Waals surface area contributed by atoms with E-state index in [-0.39, 0.29) is 0 Å². The van der Waals surface area contributed by atoms with Crippen molar-refractivity contribution in [2.24, 2.45) is 46.3 Å². The Kier molecular flexibility index (Phi) is 4.94. The van der Waals surface area contributed by atoms with Crippen molar-refractivity contribution in [3.8, 4) is 0 Å². The van der Waals surface area contributed by atoms with Gasteiger partial charge in [0.2, 0.25) is 0 Å². The van der Waals surface area contributed by atoms with E-state index in [4.69, 9.17) is 0 Å². The van der Waals surface area contributed by atoms with E-state index in [9.17, 15) is 0 Å². The van der Waals surface area contributed by atoms with Gasteiger partial charge >= 0.3 is 0 Å². The minimum Gasteiger partial charge on any atom is -0.0842 e. The van der Waals surface area contributed by atoms with E-state index in [1.807, 2.05) is 0 Å². The van der Waals surface area contributed by atoms with E-state index in [1.165, 1.54) is 57.8 Å². The lowest BCUT2D eigenvalue weighted by molar-refractivity contribution is -0.0102. The van der Waals surface area contributed by atoms with Crippen molar-refractivity contribution in [1.29, 1.82) is 0 Å². The first-order chi connectivity index (χ1) is 12.4. The first-order valence-electron chi connectivity index (χ1n) is 11.7. The molecule has 0 amide bonds. The quantitative estimate of drug-likeness (QED) is 0.472. The van der Waals surface area contributed by atoms with Crippen LogP contribution >= 0.6 is 0 Å². The van der Waals surface area contributed by atoms with Gasteiger partial charge in [-0.2, -0.15) is 0 Å². The Balaban J connectivity index is 1.50. The first kappa shape index (κ1) is 18.8. The van der Waals surface area contributed by atoms with Gasteiger partial charge in [-0.3, -0.25) is 0 Å². The SMILES string of the molecule is CC(C)CCC[C@@H](C)[C@H]1CC[C@H]2[C@@H]3C=C4C=CCC[C@]4(C)[C@H]3CC[C@]12C. The molecular formula is C26H42. The van der Waals surface area contributed by atoms with Crippen LogP contribution in [0.3, 0.4) is 0 Å². The lowest BCUT2D eigenvalue weighted by Crippen LogP contribution is -2.44. The molecule has 0 saturated heterocycles. The Morgan fingerprint density at radius 1 is 1.00 bits per heavy atom. The van der Waals surface area contributed by atoms with Crippen molar-refractivity contribution in [2.45, 2.75) is 92.4 Å². The third-order valence-corrected chi connectivity index (χ3v) is 9.51. The smallest absolute Gasteiger partial charge is 0.00415 e. The van der Waals surface area contributed by atoms with Gasteiger partial charge in [-0.1, -0.05) is 72.1 Å². The Morgan fingerprint density at radius 2 is 1.81 bits per heavy atom. The van der Waals surface area contributed by atoms with Crippen LogP contribution in [0.15, 0.2) is 23.8 Å². The van der Waals surface area contributed by atoms with Gasteiger partial charge in [0, 0.05) is 0 Å². The van der Waals surface area contributed by atoms with Crippen molar-refractivity contribution in [1.82, 2.24) is 0 Å². The maximum absolute atomic E-state index is 2.76. The lowest BCUT2D eigenvalue weighted by atomic mass is 9.53. The van der Waals surface area contributed by atoms with Crippen LogP contribution in [0.1, 0.15) is 92.4 Å². The molecule has 0 N–H and O–H groups in total. The molecule has 0 spiro atoms. The van der Waals surface area contributed by atoms with E-state index < -0.39 is 0 Å². The largest absolute Gasteiger partial charge is 0.0842 e. The van der Waals surface area contributed by atoms with Gasteiger partial charge in [-0.25, -0.2) is 0 Å². The van der Waals surface area contributed by atoms with Crippen LogP contribution in [0.2, 0.25) is 0 Å². The Labute approximate surface area is 162 Å². The molecule has 146 valence electrons. The molecule has 0 radical (unpaired) electrons. The average Bonchev–Trinajstić information content (AvgIpc) is 3.08. The molecular weight excluding hydrogens is 312 g/mol. The molecule has 0 aliphatic heterocycles. The Morgan fingerprint density at radius 3 is 2.58 bits per heavy atom. The van der Waals surface area contributed by atoms with Crippen LogP contribution in [0.25, 0.3) is 0 Å². The van der Waals surface area contributed by atoms with Crippen molar-refractivity contribution in [2.75, 3.05) is 0 Å². The second-order valence-electron chi connectivity index (χ2n) is 11.3. The fraction of sp³-hybridized carbons (Fsp3) is 0.846. The maximum Gasteiger partial charge on any atom is -0.00415 e. The topological polar surface area (TPSA) is 0 Å². The molecule has 2 saturated carbocycles. The zero-order valence-corrected chi connectivity index (χ0v) is 18.1. The molecule has 7 atom stereocenters. The van der Waals surface area contributed by atoms with Crippen LogP contribution in [0.5, 0.6) is 0 Å². The summed E-state index contributed by atoms with van der Waals surface area (Å²) in [5.74, 6) is 5.55. The Bertz CT molecular complexity index is 581. The average molecular weight is 355 g/mol. The van der Waals surface area contributed by atoms with E-state index in [1.54, 1.807) is 5.57 Å². The highest BCUT2D eigenvalue weighted by atomic mass is 14.6. The summed E-state index contributed by atoms with van der Waals surface area (Å²) in [6.45, 7) is 12.6. The predicted octanol–water partition coefficient (Wildman–Crippen LogP) is 7.80. The highest BCUT2D eigenvalue weighted by Gasteiger charge is 2.59. The molecule has 0 nitrogen and oxygen atoms in total. The van der Waals surface area contributed by atoms with Crippen LogP contribution in [0, 0.1) is 46.3 Å². The molecule has 0 aromatic carbocycles. The molecule has 0 unspecified atom stereocenters. The minimum absolute atomic E-state index is 0.502. The second kappa shape index (κ2) is 6.82. The zero-order chi connectivity index (χ0) is 18.5. The molecule has 2 fully saturated rings. The highest BCUT2D eigenvalue weighted by Crippen LogP contribution is 2.67. The number of allylic oxidation sites excluding steroid dienone is 4. The third-order valence-electron chi connectivity index (χ3n) is 9.51. The number of hydrogen-bond donors (Lipinski definition) is 0. The fourth-order valence-corrected chi connectivity index (χ4v) is 7.98.